The van der Waals surface area contributed by atoms with Crippen LogP contribution in [0.4, 0.5) is 0 Å². The summed E-state index contributed by atoms with van der Waals surface area (Å²) in [6, 6.07) is 0.746. The van der Waals surface area contributed by atoms with E-state index in [9.17, 15) is 0 Å². The Morgan fingerprint density at radius 3 is 2.47 bits per heavy atom. The van der Waals surface area contributed by atoms with Crippen molar-refractivity contribution in [2.24, 2.45) is 5.92 Å². The molecule has 2 atom stereocenters. The summed E-state index contributed by atoms with van der Waals surface area (Å²) in [5.41, 5.74) is 0. The SMILES string of the molecule is COCC(C)NC(=S)NC(C)CC1CC1. The molecule has 0 radical (unpaired) electrons. The zero-order chi connectivity index (χ0) is 11.3. The summed E-state index contributed by atoms with van der Waals surface area (Å²) < 4.78 is 5.03. The van der Waals surface area contributed by atoms with Gasteiger partial charge < -0.3 is 15.4 Å². The van der Waals surface area contributed by atoms with Crippen molar-refractivity contribution < 1.29 is 4.74 Å². The molecule has 0 aromatic heterocycles. The molecular formula is C11H22N2OS. The summed E-state index contributed by atoms with van der Waals surface area (Å²) in [7, 11) is 1.70. The summed E-state index contributed by atoms with van der Waals surface area (Å²) in [5.74, 6) is 0.937. The lowest BCUT2D eigenvalue weighted by Crippen LogP contribution is -2.45. The van der Waals surface area contributed by atoms with Gasteiger partial charge in [-0.15, -0.1) is 0 Å². The van der Waals surface area contributed by atoms with E-state index >= 15 is 0 Å². The standard InChI is InChI=1S/C11H22N2OS/c1-8(6-10-4-5-10)12-11(15)13-9(2)7-14-3/h8-10H,4-7H2,1-3H3,(H2,12,13,15). The zero-order valence-corrected chi connectivity index (χ0v) is 10.7. The molecule has 1 fully saturated rings. The van der Waals surface area contributed by atoms with E-state index in [1.54, 1.807) is 7.11 Å². The monoisotopic (exact) mass is 230 g/mol. The molecule has 3 nitrogen and oxygen atoms in total. The maximum atomic E-state index is 5.22. The van der Waals surface area contributed by atoms with Gasteiger partial charge in [-0.1, -0.05) is 12.8 Å². The molecule has 2 unspecified atom stereocenters. The Balaban J connectivity index is 2.10. The third-order valence-electron chi connectivity index (χ3n) is 2.56. The molecule has 0 amide bonds. The van der Waals surface area contributed by atoms with Crippen LogP contribution in [0.1, 0.15) is 33.1 Å². The van der Waals surface area contributed by atoms with Crippen molar-refractivity contribution in [3.05, 3.63) is 0 Å². The van der Waals surface area contributed by atoms with Crippen molar-refractivity contribution in [2.45, 2.75) is 45.2 Å². The van der Waals surface area contributed by atoms with Gasteiger partial charge in [0.05, 0.1) is 6.61 Å². The van der Waals surface area contributed by atoms with Crippen LogP contribution in [0, 0.1) is 5.92 Å². The van der Waals surface area contributed by atoms with Gasteiger partial charge in [0, 0.05) is 19.2 Å². The number of hydrogen-bond donors (Lipinski definition) is 2. The molecule has 1 aliphatic carbocycles. The Hall–Kier alpha value is -0.350. The minimum atomic E-state index is 0.267. The van der Waals surface area contributed by atoms with Gasteiger partial charge in [-0.25, -0.2) is 0 Å². The predicted molar refractivity (Wildman–Crippen MR) is 67.0 cm³/mol. The van der Waals surface area contributed by atoms with Gasteiger partial charge in [0.15, 0.2) is 5.11 Å². The first-order valence-corrected chi connectivity index (χ1v) is 6.08. The molecule has 1 aliphatic rings. The number of rotatable bonds is 6. The maximum Gasteiger partial charge on any atom is 0.166 e. The molecule has 0 aromatic carbocycles. The normalized spacial score (nSPS) is 19.4. The molecule has 1 rings (SSSR count). The molecule has 0 heterocycles. The lowest BCUT2D eigenvalue weighted by molar-refractivity contribution is 0.179. The highest BCUT2D eigenvalue weighted by Crippen LogP contribution is 2.33. The van der Waals surface area contributed by atoms with E-state index < -0.39 is 0 Å². The van der Waals surface area contributed by atoms with Crippen molar-refractivity contribution in [2.75, 3.05) is 13.7 Å². The van der Waals surface area contributed by atoms with Crippen molar-refractivity contribution in [1.82, 2.24) is 10.6 Å². The van der Waals surface area contributed by atoms with Crippen LogP contribution in [0.5, 0.6) is 0 Å². The minimum absolute atomic E-state index is 0.267. The van der Waals surface area contributed by atoms with Gasteiger partial charge in [-0.3, -0.25) is 0 Å². The van der Waals surface area contributed by atoms with Gasteiger partial charge in [-0.05, 0) is 38.4 Å². The average Bonchev–Trinajstić information content (AvgIpc) is 2.87. The topological polar surface area (TPSA) is 33.3 Å². The van der Waals surface area contributed by atoms with Crippen molar-refractivity contribution >= 4 is 17.3 Å². The van der Waals surface area contributed by atoms with Crippen molar-refractivity contribution in [3.63, 3.8) is 0 Å². The van der Waals surface area contributed by atoms with E-state index in [-0.39, 0.29) is 6.04 Å². The van der Waals surface area contributed by atoms with E-state index in [0.29, 0.717) is 12.6 Å². The highest BCUT2D eigenvalue weighted by atomic mass is 32.1. The summed E-state index contributed by atoms with van der Waals surface area (Å²) in [4.78, 5) is 0. The second kappa shape index (κ2) is 6.28. The summed E-state index contributed by atoms with van der Waals surface area (Å²) in [6.07, 6.45) is 4.03. The highest BCUT2D eigenvalue weighted by Gasteiger charge is 2.23. The Bertz CT molecular complexity index is 207. The van der Waals surface area contributed by atoms with Crippen molar-refractivity contribution in [3.8, 4) is 0 Å². The molecular weight excluding hydrogens is 208 g/mol. The van der Waals surface area contributed by atoms with Crippen LogP contribution in [0.25, 0.3) is 0 Å². The number of thiocarbonyl (C=S) groups is 1. The maximum absolute atomic E-state index is 5.22. The van der Waals surface area contributed by atoms with Crippen LogP contribution in [-0.4, -0.2) is 30.9 Å². The summed E-state index contributed by atoms with van der Waals surface area (Å²) in [5, 5.41) is 7.25. The number of nitrogens with one attached hydrogen (secondary N) is 2. The van der Waals surface area contributed by atoms with Crippen LogP contribution in [0.15, 0.2) is 0 Å². The van der Waals surface area contributed by atoms with Gasteiger partial charge >= 0.3 is 0 Å². The fourth-order valence-corrected chi connectivity index (χ4v) is 2.10. The Labute approximate surface area is 98.0 Å². The third-order valence-corrected chi connectivity index (χ3v) is 2.79. The van der Waals surface area contributed by atoms with E-state index in [1.807, 2.05) is 0 Å². The molecule has 88 valence electrons. The van der Waals surface area contributed by atoms with Gasteiger partial charge in [-0.2, -0.15) is 0 Å². The molecule has 0 spiro atoms. The van der Waals surface area contributed by atoms with Gasteiger partial charge in [0.25, 0.3) is 0 Å². The van der Waals surface area contributed by atoms with Crippen LogP contribution < -0.4 is 10.6 Å². The average molecular weight is 230 g/mol. The van der Waals surface area contributed by atoms with Crippen LogP contribution >= 0.6 is 12.2 Å². The largest absolute Gasteiger partial charge is 0.383 e. The van der Waals surface area contributed by atoms with E-state index in [4.69, 9.17) is 17.0 Å². The van der Waals surface area contributed by atoms with E-state index in [2.05, 4.69) is 24.5 Å². The molecule has 0 saturated heterocycles. The third kappa shape index (κ3) is 5.95. The molecule has 4 heteroatoms. The van der Waals surface area contributed by atoms with Crippen LogP contribution in [0.2, 0.25) is 0 Å². The fraction of sp³-hybridized carbons (Fsp3) is 0.909. The number of ether oxygens (including phenoxy) is 1. The van der Waals surface area contributed by atoms with Crippen LogP contribution in [-0.2, 0) is 4.74 Å². The quantitative estimate of drug-likeness (QED) is 0.680. The molecule has 0 aromatic rings. The fourth-order valence-electron chi connectivity index (χ4n) is 1.69. The predicted octanol–water partition coefficient (Wildman–Crippen LogP) is 1.67. The highest BCUT2D eigenvalue weighted by molar-refractivity contribution is 7.80. The first-order chi connectivity index (χ1) is 7.11. The Morgan fingerprint density at radius 1 is 1.33 bits per heavy atom. The smallest absolute Gasteiger partial charge is 0.166 e. The molecule has 15 heavy (non-hydrogen) atoms. The number of methoxy groups -OCH3 is 1. The van der Waals surface area contributed by atoms with E-state index in [1.165, 1.54) is 19.3 Å². The number of hydrogen-bond acceptors (Lipinski definition) is 2. The lowest BCUT2D eigenvalue weighted by atomic mass is 10.2. The Morgan fingerprint density at radius 2 is 1.93 bits per heavy atom. The molecule has 0 aliphatic heterocycles. The Kier molecular flexibility index (Phi) is 5.32. The van der Waals surface area contributed by atoms with Gasteiger partial charge in [0.2, 0.25) is 0 Å². The van der Waals surface area contributed by atoms with Crippen molar-refractivity contribution in [1.29, 1.82) is 0 Å². The lowest BCUT2D eigenvalue weighted by Gasteiger charge is -2.20. The molecule has 0 bridgehead atoms. The summed E-state index contributed by atoms with van der Waals surface area (Å²) >= 11 is 5.22. The first kappa shape index (κ1) is 12.7. The second-order valence-electron chi connectivity index (χ2n) is 4.55. The van der Waals surface area contributed by atoms with Gasteiger partial charge in [0.1, 0.15) is 0 Å². The second-order valence-corrected chi connectivity index (χ2v) is 4.96. The first-order valence-electron chi connectivity index (χ1n) is 5.67. The molecule has 1 saturated carbocycles. The summed E-state index contributed by atoms with van der Waals surface area (Å²) in [6.45, 7) is 4.93. The minimum Gasteiger partial charge on any atom is -0.383 e. The van der Waals surface area contributed by atoms with E-state index in [0.717, 1.165) is 11.0 Å². The van der Waals surface area contributed by atoms with Crippen LogP contribution in [0.3, 0.4) is 0 Å². The zero-order valence-electron chi connectivity index (χ0n) is 9.88. The molecule has 2 N–H and O–H groups in total.